The Morgan fingerprint density at radius 2 is 1.78 bits per heavy atom. The lowest BCUT2D eigenvalue weighted by molar-refractivity contribution is 0.0696. The van der Waals surface area contributed by atoms with Crippen molar-refractivity contribution >= 4 is 40.1 Å². The van der Waals surface area contributed by atoms with Gasteiger partial charge in [0.15, 0.2) is 0 Å². The van der Waals surface area contributed by atoms with Gasteiger partial charge in [0, 0.05) is 23.4 Å². The Morgan fingerprint density at radius 1 is 1.04 bits per heavy atom. The van der Waals surface area contributed by atoms with Crippen molar-refractivity contribution in [2.45, 2.75) is 0 Å². The van der Waals surface area contributed by atoms with Crippen molar-refractivity contribution in [3.63, 3.8) is 0 Å². The third-order valence-corrected chi connectivity index (χ3v) is 5.11. The zero-order chi connectivity index (χ0) is 16.1. The van der Waals surface area contributed by atoms with Gasteiger partial charge in [-0.05, 0) is 35.0 Å². The number of ketones is 2. The molecule has 2 aromatic rings. The van der Waals surface area contributed by atoms with Crippen LogP contribution in [0.4, 0.5) is 0 Å². The van der Waals surface area contributed by atoms with E-state index in [1.165, 1.54) is 23.9 Å². The molecule has 2 aliphatic rings. The molecular weight excluding hydrogens is 314 g/mol. The van der Waals surface area contributed by atoms with Crippen LogP contribution >= 0.6 is 11.8 Å². The van der Waals surface area contributed by atoms with Crippen LogP contribution in [0.3, 0.4) is 0 Å². The topological polar surface area (TPSA) is 83.5 Å². The van der Waals surface area contributed by atoms with Crippen molar-refractivity contribution < 1.29 is 19.5 Å². The van der Waals surface area contributed by atoms with Crippen LogP contribution in [-0.2, 0) is 0 Å². The standard InChI is InChI=1S/C17H11NO4S/c19-14-11-7-10-5-9(17(21)22)2-1-8(10)6-12(11)15(20)16-13(14)18-3-4-23-16/h1-2,5-7,18H,3-4H2,(H,21,22). The molecule has 0 amide bonds. The van der Waals surface area contributed by atoms with E-state index in [4.69, 9.17) is 5.11 Å². The smallest absolute Gasteiger partial charge is 0.335 e. The number of Topliss-reactive ketones (excluding diaryl/α,β-unsaturated/α-hetero) is 2. The Balaban J connectivity index is 1.95. The number of allylic oxidation sites excluding steroid dienone is 2. The van der Waals surface area contributed by atoms with E-state index in [1.807, 2.05) is 0 Å². The number of thioether (sulfide) groups is 1. The second-order valence-corrected chi connectivity index (χ2v) is 6.51. The molecule has 0 saturated heterocycles. The van der Waals surface area contributed by atoms with E-state index in [0.717, 1.165) is 11.1 Å². The molecule has 114 valence electrons. The van der Waals surface area contributed by atoms with Crippen molar-refractivity contribution in [3.8, 4) is 0 Å². The summed E-state index contributed by atoms with van der Waals surface area (Å²) in [5.41, 5.74) is 1.24. The van der Waals surface area contributed by atoms with Gasteiger partial charge in [-0.15, -0.1) is 11.8 Å². The summed E-state index contributed by atoms with van der Waals surface area (Å²) in [6, 6.07) is 7.96. The highest BCUT2D eigenvalue weighted by molar-refractivity contribution is 8.04. The molecule has 0 unspecified atom stereocenters. The van der Waals surface area contributed by atoms with Gasteiger partial charge < -0.3 is 10.4 Å². The first-order chi connectivity index (χ1) is 11.1. The number of nitrogens with one attached hydrogen (secondary N) is 1. The Kier molecular flexibility index (Phi) is 3.02. The van der Waals surface area contributed by atoms with Gasteiger partial charge in [0.1, 0.15) is 5.70 Å². The minimum Gasteiger partial charge on any atom is -0.478 e. The number of aromatic carboxylic acids is 1. The lowest BCUT2D eigenvalue weighted by atomic mass is 9.89. The molecule has 0 bridgehead atoms. The number of hydrogen-bond donors (Lipinski definition) is 2. The molecule has 2 N–H and O–H groups in total. The maximum absolute atomic E-state index is 12.7. The highest BCUT2D eigenvalue weighted by atomic mass is 32.2. The number of carboxylic acid groups (broad SMARTS) is 1. The van der Waals surface area contributed by atoms with E-state index < -0.39 is 5.97 Å². The number of rotatable bonds is 1. The molecule has 1 heterocycles. The van der Waals surface area contributed by atoms with Crippen LogP contribution in [0.5, 0.6) is 0 Å². The zero-order valence-corrected chi connectivity index (χ0v) is 12.7. The van der Waals surface area contributed by atoms with Gasteiger partial charge in [0.25, 0.3) is 0 Å². The Bertz CT molecular complexity index is 945. The molecule has 0 spiro atoms. The monoisotopic (exact) mass is 325 g/mol. The molecular formula is C17H11NO4S. The SMILES string of the molecule is O=C(O)c1ccc2cc3c(cc2c1)C(=O)C1=C(SCCN1)C3=O. The number of carbonyl (C=O) groups excluding carboxylic acids is 2. The minimum atomic E-state index is -1.03. The van der Waals surface area contributed by atoms with Crippen LogP contribution in [0, 0.1) is 0 Å². The maximum atomic E-state index is 12.7. The van der Waals surface area contributed by atoms with Crippen LogP contribution in [0.25, 0.3) is 10.8 Å². The first kappa shape index (κ1) is 14.0. The Morgan fingerprint density at radius 3 is 2.57 bits per heavy atom. The first-order valence-electron chi connectivity index (χ1n) is 7.08. The van der Waals surface area contributed by atoms with Crippen molar-refractivity contribution in [3.05, 3.63) is 57.6 Å². The molecule has 4 rings (SSSR count). The normalized spacial score (nSPS) is 16.9. The number of fused-ring (bicyclic) bond motifs is 2. The van der Waals surface area contributed by atoms with Crippen LogP contribution in [0.2, 0.25) is 0 Å². The summed E-state index contributed by atoms with van der Waals surface area (Å²) in [6.07, 6.45) is 0. The van der Waals surface area contributed by atoms with E-state index >= 15 is 0 Å². The van der Waals surface area contributed by atoms with E-state index in [1.54, 1.807) is 18.2 Å². The van der Waals surface area contributed by atoms with Gasteiger partial charge >= 0.3 is 5.97 Å². The van der Waals surface area contributed by atoms with Crippen LogP contribution in [-0.4, -0.2) is 34.9 Å². The summed E-state index contributed by atoms with van der Waals surface area (Å²) >= 11 is 1.40. The number of benzene rings is 2. The van der Waals surface area contributed by atoms with Crippen molar-refractivity contribution in [2.75, 3.05) is 12.3 Å². The van der Waals surface area contributed by atoms with Gasteiger partial charge in [-0.25, -0.2) is 4.79 Å². The fourth-order valence-electron chi connectivity index (χ4n) is 2.91. The minimum absolute atomic E-state index is 0.143. The molecule has 0 radical (unpaired) electrons. The molecule has 0 fully saturated rings. The van der Waals surface area contributed by atoms with Gasteiger partial charge in [-0.1, -0.05) is 6.07 Å². The van der Waals surface area contributed by atoms with Crippen molar-refractivity contribution in [1.29, 1.82) is 0 Å². The van der Waals surface area contributed by atoms with Crippen LogP contribution in [0.1, 0.15) is 31.1 Å². The zero-order valence-electron chi connectivity index (χ0n) is 11.9. The predicted molar refractivity (Wildman–Crippen MR) is 87.1 cm³/mol. The third kappa shape index (κ3) is 2.06. The summed E-state index contributed by atoms with van der Waals surface area (Å²) in [7, 11) is 0. The molecule has 23 heavy (non-hydrogen) atoms. The van der Waals surface area contributed by atoms with E-state index in [2.05, 4.69) is 5.32 Å². The molecule has 0 saturated carbocycles. The van der Waals surface area contributed by atoms with Crippen molar-refractivity contribution in [1.82, 2.24) is 5.32 Å². The van der Waals surface area contributed by atoms with Gasteiger partial charge in [-0.2, -0.15) is 0 Å². The highest BCUT2D eigenvalue weighted by Crippen LogP contribution is 2.35. The molecule has 2 aromatic carbocycles. The Hall–Kier alpha value is -2.60. The maximum Gasteiger partial charge on any atom is 0.335 e. The highest BCUT2D eigenvalue weighted by Gasteiger charge is 2.34. The van der Waals surface area contributed by atoms with E-state index in [0.29, 0.717) is 33.7 Å². The molecule has 0 aromatic heterocycles. The number of hydrogen-bond acceptors (Lipinski definition) is 5. The summed E-state index contributed by atoms with van der Waals surface area (Å²) in [6.45, 7) is 0.647. The second kappa shape index (κ2) is 4.96. The molecule has 6 heteroatoms. The fourth-order valence-corrected chi connectivity index (χ4v) is 3.87. The average Bonchev–Trinajstić information content (AvgIpc) is 2.58. The predicted octanol–water partition coefficient (Wildman–Crippen LogP) is 2.46. The first-order valence-corrected chi connectivity index (χ1v) is 8.06. The number of carbonyl (C=O) groups is 3. The molecule has 5 nitrogen and oxygen atoms in total. The quantitative estimate of drug-likeness (QED) is 0.838. The average molecular weight is 325 g/mol. The molecule has 1 aliphatic heterocycles. The summed E-state index contributed by atoms with van der Waals surface area (Å²) in [4.78, 5) is 36.9. The van der Waals surface area contributed by atoms with Gasteiger partial charge in [0.05, 0.1) is 10.5 Å². The molecule has 1 aliphatic carbocycles. The largest absolute Gasteiger partial charge is 0.478 e. The lowest BCUT2D eigenvalue weighted by Crippen LogP contribution is -2.34. The second-order valence-electron chi connectivity index (χ2n) is 5.40. The van der Waals surface area contributed by atoms with E-state index in [9.17, 15) is 14.4 Å². The third-order valence-electron chi connectivity index (χ3n) is 4.02. The summed E-state index contributed by atoms with van der Waals surface area (Å²) in [5, 5.41) is 13.5. The Labute approximate surface area is 135 Å². The number of carboxylic acids is 1. The lowest BCUT2D eigenvalue weighted by Gasteiger charge is -2.25. The van der Waals surface area contributed by atoms with Crippen LogP contribution in [0.15, 0.2) is 40.9 Å². The molecule has 0 atom stereocenters. The van der Waals surface area contributed by atoms with E-state index in [-0.39, 0.29) is 17.1 Å². The summed E-state index contributed by atoms with van der Waals surface area (Å²) in [5.74, 6) is -0.620. The summed E-state index contributed by atoms with van der Waals surface area (Å²) < 4.78 is 0. The fraction of sp³-hybridized carbons (Fsp3) is 0.118. The van der Waals surface area contributed by atoms with Crippen molar-refractivity contribution in [2.24, 2.45) is 0 Å². The van der Waals surface area contributed by atoms with Gasteiger partial charge in [-0.3, -0.25) is 9.59 Å². The van der Waals surface area contributed by atoms with Gasteiger partial charge in [0.2, 0.25) is 11.6 Å². The van der Waals surface area contributed by atoms with Crippen LogP contribution < -0.4 is 5.32 Å².